The first-order chi connectivity index (χ1) is 5.75. The molecule has 1 aromatic carbocycles. The van der Waals surface area contributed by atoms with E-state index in [9.17, 15) is 0 Å². The van der Waals surface area contributed by atoms with Crippen molar-refractivity contribution in [2.24, 2.45) is 0 Å². The molecule has 0 aliphatic heterocycles. The van der Waals surface area contributed by atoms with Gasteiger partial charge in [0, 0.05) is 6.61 Å². The highest BCUT2D eigenvalue weighted by molar-refractivity contribution is 6.54. The van der Waals surface area contributed by atoms with Gasteiger partial charge in [-0.15, -0.1) is 0 Å². The predicted octanol–water partition coefficient (Wildman–Crippen LogP) is 0.508. The van der Waals surface area contributed by atoms with Crippen molar-refractivity contribution in [3.8, 4) is 0 Å². The lowest BCUT2D eigenvalue weighted by Gasteiger charge is -2.06. The molecule has 0 bridgehead atoms. The second-order valence-corrected chi connectivity index (χ2v) is 5.16. The van der Waals surface area contributed by atoms with Crippen molar-refractivity contribution in [3.63, 3.8) is 0 Å². The quantitative estimate of drug-likeness (QED) is 0.672. The topological polar surface area (TPSA) is 20.2 Å². The molecule has 0 heterocycles. The molecule has 0 fully saturated rings. The van der Waals surface area contributed by atoms with Crippen LogP contribution in [0.5, 0.6) is 0 Å². The molecular weight excluding hydrogens is 164 g/mol. The SMILES string of the molecule is Cc1cccc([SiH2]CCO)c1C. The standard InChI is InChI=1S/C10H16OSi/c1-8-4-3-5-10(9(8)2)12-7-6-11/h3-5,11H,6-7,12H2,1-2H3. The highest BCUT2D eigenvalue weighted by atomic mass is 28.2. The maximum atomic E-state index is 8.72. The second-order valence-electron chi connectivity index (χ2n) is 3.19. The first-order valence-corrected chi connectivity index (χ1v) is 6.12. The van der Waals surface area contributed by atoms with Gasteiger partial charge in [-0.1, -0.05) is 23.4 Å². The van der Waals surface area contributed by atoms with Crippen LogP contribution in [0.15, 0.2) is 18.2 Å². The zero-order chi connectivity index (χ0) is 8.97. The zero-order valence-electron chi connectivity index (χ0n) is 7.80. The normalized spacial score (nSPS) is 11.2. The zero-order valence-corrected chi connectivity index (χ0v) is 9.21. The largest absolute Gasteiger partial charge is 0.397 e. The summed E-state index contributed by atoms with van der Waals surface area (Å²) >= 11 is 0. The summed E-state index contributed by atoms with van der Waals surface area (Å²) in [5.74, 6) is 0. The van der Waals surface area contributed by atoms with Gasteiger partial charge in [-0.3, -0.25) is 0 Å². The van der Waals surface area contributed by atoms with Crippen molar-refractivity contribution in [2.75, 3.05) is 6.61 Å². The number of aryl methyl sites for hydroxylation is 1. The number of aliphatic hydroxyl groups is 1. The summed E-state index contributed by atoms with van der Waals surface area (Å²) in [5, 5.41) is 10.2. The molecule has 0 radical (unpaired) electrons. The van der Waals surface area contributed by atoms with Gasteiger partial charge in [0.1, 0.15) is 0 Å². The van der Waals surface area contributed by atoms with Gasteiger partial charge in [0.25, 0.3) is 0 Å². The lowest BCUT2D eigenvalue weighted by atomic mass is 10.1. The molecule has 0 aliphatic carbocycles. The molecule has 0 unspecified atom stereocenters. The molecule has 2 heteroatoms. The van der Waals surface area contributed by atoms with Gasteiger partial charge in [-0.05, 0) is 31.0 Å². The van der Waals surface area contributed by atoms with Crippen molar-refractivity contribution in [3.05, 3.63) is 29.3 Å². The minimum Gasteiger partial charge on any atom is -0.397 e. The summed E-state index contributed by atoms with van der Waals surface area (Å²) in [7, 11) is -0.212. The number of benzene rings is 1. The van der Waals surface area contributed by atoms with E-state index in [4.69, 9.17) is 5.11 Å². The summed E-state index contributed by atoms with van der Waals surface area (Å²) < 4.78 is 0. The van der Waals surface area contributed by atoms with E-state index < -0.39 is 0 Å². The maximum absolute atomic E-state index is 8.72. The summed E-state index contributed by atoms with van der Waals surface area (Å²) in [6.45, 7) is 4.67. The molecule has 66 valence electrons. The molecule has 0 spiro atoms. The third-order valence-electron chi connectivity index (χ3n) is 2.32. The van der Waals surface area contributed by atoms with E-state index in [1.807, 2.05) is 0 Å². The Balaban J connectivity index is 2.78. The fourth-order valence-corrected chi connectivity index (χ4v) is 2.85. The molecule has 0 saturated heterocycles. The minimum absolute atomic E-state index is 0.212. The van der Waals surface area contributed by atoms with E-state index in [1.54, 1.807) is 0 Å². The van der Waals surface area contributed by atoms with E-state index in [0.717, 1.165) is 6.04 Å². The van der Waals surface area contributed by atoms with Gasteiger partial charge in [-0.2, -0.15) is 0 Å². The van der Waals surface area contributed by atoms with Gasteiger partial charge in [0.05, 0.1) is 9.52 Å². The Bertz CT molecular complexity index is 258. The third kappa shape index (κ3) is 2.19. The molecule has 0 atom stereocenters. The van der Waals surface area contributed by atoms with E-state index in [0.29, 0.717) is 6.61 Å². The summed E-state index contributed by atoms with van der Waals surface area (Å²) in [5.41, 5.74) is 2.80. The third-order valence-corrected chi connectivity index (χ3v) is 4.30. The second kappa shape index (κ2) is 4.43. The van der Waals surface area contributed by atoms with Crippen molar-refractivity contribution >= 4 is 14.7 Å². The van der Waals surface area contributed by atoms with E-state index in [1.165, 1.54) is 16.3 Å². The van der Waals surface area contributed by atoms with Crippen LogP contribution in [0.2, 0.25) is 6.04 Å². The summed E-state index contributed by atoms with van der Waals surface area (Å²) in [6, 6.07) is 7.46. The molecule has 12 heavy (non-hydrogen) atoms. The highest BCUT2D eigenvalue weighted by Gasteiger charge is 1.99. The van der Waals surface area contributed by atoms with Crippen LogP contribution in [-0.2, 0) is 0 Å². The van der Waals surface area contributed by atoms with E-state index in [-0.39, 0.29) is 9.52 Å². The molecule has 1 nitrogen and oxygen atoms in total. The van der Waals surface area contributed by atoms with E-state index >= 15 is 0 Å². The van der Waals surface area contributed by atoms with Crippen LogP contribution in [0.4, 0.5) is 0 Å². The van der Waals surface area contributed by atoms with Crippen molar-refractivity contribution < 1.29 is 5.11 Å². The van der Waals surface area contributed by atoms with Crippen LogP contribution in [-0.4, -0.2) is 21.2 Å². The number of rotatable bonds is 3. The van der Waals surface area contributed by atoms with Crippen LogP contribution < -0.4 is 5.19 Å². The van der Waals surface area contributed by atoms with Crippen LogP contribution in [0.25, 0.3) is 0 Å². The molecule has 1 rings (SSSR count). The molecular formula is C10H16OSi. The molecule has 0 saturated carbocycles. The molecule has 0 aromatic heterocycles. The summed E-state index contributed by atoms with van der Waals surface area (Å²) in [6.07, 6.45) is 0. The van der Waals surface area contributed by atoms with Crippen molar-refractivity contribution in [1.82, 2.24) is 0 Å². The van der Waals surface area contributed by atoms with Crippen molar-refractivity contribution in [2.45, 2.75) is 19.9 Å². The average molecular weight is 180 g/mol. The number of hydrogen-bond donors (Lipinski definition) is 1. The Morgan fingerprint density at radius 1 is 1.33 bits per heavy atom. The first kappa shape index (κ1) is 9.48. The maximum Gasteiger partial charge on any atom is 0.0573 e. The molecule has 0 aliphatic rings. The Hall–Kier alpha value is -0.603. The van der Waals surface area contributed by atoms with Gasteiger partial charge >= 0.3 is 0 Å². The lowest BCUT2D eigenvalue weighted by molar-refractivity contribution is 0.318. The van der Waals surface area contributed by atoms with Crippen LogP contribution >= 0.6 is 0 Å². The van der Waals surface area contributed by atoms with Crippen LogP contribution in [0.3, 0.4) is 0 Å². The van der Waals surface area contributed by atoms with Gasteiger partial charge in [0.2, 0.25) is 0 Å². The fourth-order valence-electron chi connectivity index (χ4n) is 1.35. The molecule has 1 N–H and O–H groups in total. The fraction of sp³-hybridized carbons (Fsp3) is 0.400. The lowest BCUT2D eigenvalue weighted by Crippen LogP contribution is -2.18. The average Bonchev–Trinajstić information content (AvgIpc) is 2.08. The smallest absolute Gasteiger partial charge is 0.0573 e. The summed E-state index contributed by atoms with van der Waals surface area (Å²) in [4.78, 5) is 0. The Morgan fingerprint density at radius 2 is 2.08 bits per heavy atom. The van der Waals surface area contributed by atoms with Gasteiger partial charge in [-0.25, -0.2) is 0 Å². The number of hydrogen-bond acceptors (Lipinski definition) is 1. The Kier molecular flexibility index (Phi) is 3.50. The highest BCUT2D eigenvalue weighted by Crippen LogP contribution is 2.02. The van der Waals surface area contributed by atoms with Crippen LogP contribution in [0, 0.1) is 13.8 Å². The van der Waals surface area contributed by atoms with Crippen LogP contribution in [0.1, 0.15) is 11.1 Å². The van der Waals surface area contributed by atoms with E-state index in [2.05, 4.69) is 32.0 Å². The molecule has 1 aromatic rings. The van der Waals surface area contributed by atoms with Crippen molar-refractivity contribution in [1.29, 1.82) is 0 Å². The minimum atomic E-state index is -0.212. The predicted molar refractivity (Wildman–Crippen MR) is 56.0 cm³/mol. The van der Waals surface area contributed by atoms with Gasteiger partial charge < -0.3 is 5.11 Å². The Morgan fingerprint density at radius 3 is 2.75 bits per heavy atom. The van der Waals surface area contributed by atoms with Gasteiger partial charge in [0.15, 0.2) is 0 Å². The number of aliphatic hydroxyl groups excluding tert-OH is 1. The first-order valence-electron chi connectivity index (χ1n) is 4.41. The monoisotopic (exact) mass is 180 g/mol. The Labute approximate surface area is 76.3 Å². The molecule has 0 amide bonds.